The molecular formula is C40H42N6O2. The Balaban J connectivity index is 0.000000152. The zero-order valence-corrected chi connectivity index (χ0v) is 27.0. The molecule has 2 aliphatic heterocycles. The maximum absolute atomic E-state index is 10.9. The van der Waals surface area contributed by atoms with E-state index in [1.807, 2.05) is 24.3 Å². The zero-order chi connectivity index (χ0) is 33.0. The van der Waals surface area contributed by atoms with E-state index in [0.29, 0.717) is 0 Å². The number of nitrogens with zero attached hydrogens (tertiary/aromatic N) is 5. The number of hydrogen-bond donors (Lipinski definition) is 3. The molecule has 0 bridgehead atoms. The van der Waals surface area contributed by atoms with Crippen molar-refractivity contribution < 1.29 is 10.2 Å². The highest BCUT2D eigenvalue weighted by atomic mass is 16.3. The standard InChI is InChI=1S/C20H20N4O.C20H22N2O/c21-23-22-16-8-5-11-19(20(16)25)24-17-9-3-1-6-14(17)12-13-15-7-2-4-10-18(15)24;21-16-8-5-11-19(20(16)23)22-17-9-3-1-6-14(17)12-13-15-7-2-4-10-18(15)22/h1-4,6-7,9-10,12-13,16,19-20,25H,5,8,11H2;1-4,6-7,9-10,12-13,16,19-20,23H,5,8,11,21H2/t2*16-,19+,20+/m00/s1. The fourth-order valence-electron chi connectivity index (χ4n) is 7.80. The third-order valence-corrected chi connectivity index (χ3v) is 10.2. The van der Waals surface area contributed by atoms with E-state index in [4.69, 9.17) is 11.3 Å². The van der Waals surface area contributed by atoms with E-state index >= 15 is 0 Å². The van der Waals surface area contributed by atoms with E-state index in [0.717, 1.165) is 72.4 Å². The second-order valence-corrected chi connectivity index (χ2v) is 13.1. The maximum atomic E-state index is 10.9. The van der Waals surface area contributed by atoms with Crippen LogP contribution in [0.4, 0.5) is 22.7 Å². The van der Waals surface area contributed by atoms with Crippen molar-refractivity contribution in [2.75, 3.05) is 9.80 Å². The number of azide groups is 1. The molecule has 4 aliphatic rings. The molecule has 48 heavy (non-hydrogen) atoms. The molecule has 2 heterocycles. The lowest BCUT2D eigenvalue weighted by Crippen LogP contribution is -2.53. The van der Waals surface area contributed by atoms with Crippen LogP contribution < -0.4 is 15.5 Å². The monoisotopic (exact) mass is 638 g/mol. The van der Waals surface area contributed by atoms with Gasteiger partial charge in [-0.05, 0) is 84.2 Å². The van der Waals surface area contributed by atoms with Crippen molar-refractivity contribution in [1.29, 1.82) is 0 Å². The van der Waals surface area contributed by atoms with Crippen molar-refractivity contribution in [3.05, 3.63) is 130 Å². The molecule has 0 aromatic heterocycles. The van der Waals surface area contributed by atoms with Crippen LogP contribution >= 0.6 is 0 Å². The van der Waals surface area contributed by atoms with Crippen LogP contribution in [0.25, 0.3) is 34.7 Å². The van der Waals surface area contributed by atoms with Crippen molar-refractivity contribution in [1.82, 2.24) is 0 Å². The summed E-state index contributed by atoms with van der Waals surface area (Å²) in [7, 11) is 0. The Morgan fingerprint density at radius 1 is 0.562 bits per heavy atom. The van der Waals surface area contributed by atoms with Gasteiger partial charge < -0.3 is 25.7 Å². The lowest BCUT2D eigenvalue weighted by atomic mass is 9.86. The molecule has 2 fully saturated rings. The van der Waals surface area contributed by atoms with Gasteiger partial charge in [0.1, 0.15) is 0 Å². The van der Waals surface area contributed by atoms with Gasteiger partial charge in [-0.2, -0.15) is 0 Å². The molecule has 244 valence electrons. The first-order valence-electron chi connectivity index (χ1n) is 17.0. The summed E-state index contributed by atoms with van der Waals surface area (Å²) in [5.74, 6) is 0. The SMILES string of the molecule is N[C@H]1CCC[C@@H](N2c3ccccc3C=Cc3ccccc32)[C@@H]1O.[N-]=[N+]=N[C@H]1CCC[C@@H](N2c3ccccc3C=Cc3ccccc32)[C@@H]1O. The van der Waals surface area contributed by atoms with Crippen molar-refractivity contribution in [2.45, 2.75) is 74.9 Å². The van der Waals surface area contributed by atoms with Gasteiger partial charge in [0.2, 0.25) is 0 Å². The summed E-state index contributed by atoms with van der Waals surface area (Å²) in [5, 5.41) is 25.5. The number of para-hydroxylation sites is 4. The number of benzene rings is 4. The zero-order valence-electron chi connectivity index (χ0n) is 27.0. The first-order chi connectivity index (χ1) is 23.5. The van der Waals surface area contributed by atoms with E-state index in [2.05, 4.69) is 117 Å². The summed E-state index contributed by atoms with van der Waals surface area (Å²) >= 11 is 0. The minimum atomic E-state index is -0.691. The average Bonchev–Trinajstić information content (AvgIpc) is 3.39. The molecule has 2 saturated carbocycles. The summed E-state index contributed by atoms with van der Waals surface area (Å²) in [4.78, 5) is 7.46. The molecule has 0 spiro atoms. The van der Waals surface area contributed by atoms with E-state index in [1.165, 1.54) is 11.1 Å². The second-order valence-electron chi connectivity index (χ2n) is 13.1. The minimum Gasteiger partial charge on any atom is -0.391 e. The number of hydrogen-bond acceptors (Lipinski definition) is 6. The number of anilines is 4. The van der Waals surface area contributed by atoms with E-state index in [1.54, 1.807) is 0 Å². The molecule has 4 N–H and O–H groups in total. The Kier molecular flexibility index (Phi) is 9.32. The average molecular weight is 639 g/mol. The number of fused-ring (bicyclic) bond motifs is 4. The minimum absolute atomic E-state index is 0.0148. The van der Waals surface area contributed by atoms with Crippen LogP contribution in [0.5, 0.6) is 0 Å². The van der Waals surface area contributed by atoms with Crippen LogP contribution in [0.3, 0.4) is 0 Å². The predicted molar refractivity (Wildman–Crippen MR) is 196 cm³/mol. The fraction of sp³-hybridized carbons (Fsp3) is 0.300. The normalized spacial score (nSPS) is 25.5. The summed E-state index contributed by atoms with van der Waals surface area (Å²) in [6.45, 7) is 0. The molecule has 4 aromatic carbocycles. The molecule has 2 aliphatic carbocycles. The Morgan fingerprint density at radius 3 is 1.35 bits per heavy atom. The number of nitrogens with two attached hydrogens (primary N) is 1. The van der Waals surface area contributed by atoms with Crippen molar-refractivity contribution in [3.63, 3.8) is 0 Å². The van der Waals surface area contributed by atoms with Gasteiger partial charge in [0.05, 0.1) is 30.3 Å². The quantitative estimate of drug-likeness (QED) is 0.118. The first-order valence-corrected chi connectivity index (χ1v) is 17.0. The van der Waals surface area contributed by atoms with E-state index in [9.17, 15) is 10.2 Å². The van der Waals surface area contributed by atoms with Gasteiger partial charge in [-0.15, -0.1) is 0 Å². The molecule has 8 heteroatoms. The van der Waals surface area contributed by atoms with Gasteiger partial charge in [0.15, 0.2) is 0 Å². The summed E-state index contributed by atoms with van der Waals surface area (Å²) in [6, 6.07) is 32.6. The molecule has 8 nitrogen and oxygen atoms in total. The van der Waals surface area contributed by atoms with E-state index < -0.39 is 12.2 Å². The summed E-state index contributed by atoms with van der Waals surface area (Å²) in [6.07, 6.45) is 12.8. The van der Waals surface area contributed by atoms with Gasteiger partial charge in [0.25, 0.3) is 0 Å². The van der Waals surface area contributed by atoms with Crippen LogP contribution in [0.15, 0.2) is 102 Å². The third kappa shape index (κ3) is 6.12. The van der Waals surface area contributed by atoms with Crippen LogP contribution in [-0.4, -0.2) is 46.6 Å². The lowest BCUT2D eigenvalue weighted by molar-refractivity contribution is 0.0877. The summed E-state index contributed by atoms with van der Waals surface area (Å²) < 4.78 is 0. The Bertz CT molecular complexity index is 1770. The van der Waals surface area contributed by atoms with Gasteiger partial charge >= 0.3 is 0 Å². The van der Waals surface area contributed by atoms with Gasteiger partial charge in [-0.25, -0.2) is 0 Å². The van der Waals surface area contributed by atoms with Gasteiger partial charge in [-0.1, -0.05) is 109 Å². The highest BCUT2D eigenvalue weighted by Crippen LogP contribution is 2.42. The van der Waals surface area contributed by atoms with Gasteiger partial charge in [0, 0.05) is 33.7 Å². The maximum Gasteiger partial charge on any atom is 0.0897 e. The smallest absolute Gasteiger partial charge is 0.0897 e. The third-order valence-electron chi connectivity index (χ3n) is 10.2. The van der Waals surface area contributed by atoms with E-state index in [-0.39, 0.29) is 24.2 Å². The molecule has 0 amide bonds. The van der Waals surface area contributed by atoms with Crippen LogP contribution in [0, 0.1) is 0 Å². The Labute approximate surface area is 282 Å². The van der Waals surface area contributed by atoms with Crippen molar-refractivity contribution >= 4 is 47.1 Å². The summed E-state index contributed by atoms with van der Waals surface area (Å²) in [5.41, 5.74) is 24.0. The lowest BCUT2D eigenvalue weighted by Gasteiger charge is -2.42. The molecule has 0 radical (unpaired) electrons. The molecule has 6 atom stereocenters. The number of aliphatic hydroxyl groups is 2. The molecule has 8 rings (SSSR count). The molecule has 0 saturated heterocycles. The molecule has 0 unspecified atom stereocenters. The van der Waals surface area contributed by atoms with Crippen LogP contribution in [0.1, 0.15) is 60.8 Å². The number of aliphatic hydroxyl groups excluding tert-OH is 2. The molecular weight excluding hydrogens is 596 g/mol. The predicted octanol–water partition coefficient (Wildman–Crippen LogP) is 8.45. The van der Waals surface area contributed by atoms with Crippen molar-refractivity contribution in [2.24, 2.45) is 10.8 Å². The Hall–Kier alpha value is -4.85. The van der Waals surface area contributed by atoms with Crippen LogP contribution in [0.2, 0.25) is 0 Å². The second kappa shape index (κ2) is 14.1. The highest BCUT2D eigenvalue weighted by molar-refractivity contribution is 5.90. The first kappa shape index (κ1) is 31.7. The fourth-order valence-corrected chi connectivity index (χ4v) is 7.80. The van der Waals surface area contributed by atoms with Crippen LogP contribution in [-0.2, 0) is 0 Å². The Morgan fingerprint density at radius 2 is 0.938 bits per heavy atom. The topological polar surface area (TPSA) is 122 Å². The molecule has 4 aromatic rings. The highest BCUT2D eigenvalue weighted by Gasteiger charge is 2.38. The van der Waals surface area contributed by atoms with Gasteiger partial charge in [-0.3, -0.25) is 0 Å². The largest absolute Gasteiger partial charge is 0.391 e. The van der Waals surface area contributed by atoms with Crippen molar-refractivity contribution in [3.8, 4) is 0 Å². The number of rotatable bonds is 3.